The van der Waals surface area contributed by atoms with Crippen LogP contribution in [0.2, 0.25) is 0 Å². The van der Waals surface area contributed by atoms with E-state index in [1.807, 2.05) is 0 Å². The largest absolute Gasteiger partial charge is 0.497 e. The van der Waals surface area contributed by atoms with Crippen LogP contribution in [0.5, 0.6) is 23.1 Å². The molecule has 0 fully saturated rings. The van der Waals surface area contributed by atoms with Gasteiger partial charge < -0.3 is 19.5 Å². The van der Waals surface area contributed by atoms with E-state index in [-0.39, 0.29) is 12.5 Å². The highest BCUT2D eigenvalue weighted by Crippen LogP contribution is 2.22. The number of hydrogen-bond donors (Lipinski definition) is 1. The van der Waals surface area contributed by atoms with Gasteiger partial charge in [0, 0.05) is 30.2 Å². The minimum atomic E-state index is -0.281. The predicted molar refractivity (Wildman–Crippen MR) is 113 cm³/mol. The number of benzene rings is 2. The zero-order chi connectivity index (χ0) is 21.5. The smallest absolute Gasteiger partial charge is 0.262 e. The Kier molecular flexibility index (Phi) is 6.03. The number of hydrogen-bond acceptors (Lipinski definition) is 7. The number of nitrogens with one attached hydrogen (secondary N) is 1. The summed E-state index contributed by atoms with van der Waals surface area (Å²) < 4.78 is 17.9. The molecular formula is C22H19N5O4. The standard InChI is InChI=1S/C22H19N5O4/c1-29-18-4-2-5-19(14-18)30-15-21(28)24-16-6-8-17(9-7-16)31-22-11-10-20(25-26-22)27-13-3-12-23-27/h2-14H,15H2,1H3,(H,24,28). The fraction of sp³-hybridized carbons (Fsp3) is 0.0909. The van der Waals surface area contributed by atoms with E-state index < -0.39 is 0 Å². The van der Waals surface area contributed by atoms with Crippen molar-refractivity contribution in [3.8, 4) is 28.9 Å². The number of carbonyl (C=O) groups excluding carboxylic acids is 1. The van der Waals surface area contributed by atoms with E-state index in [0.29, 0.717) is 34.6 Å². The van der Waals surface area contributed by atoms with Crippen LogP contribution in [0.1, 0.15) is 0 Å². The summed E-state index contributed by atoms with van der Waals surface area (Å²) in [5.41, 5.74) is 0.617. The second-order valence-electron chi connectivity index (χ2n) is 6.32. The van der Waals surface area contributed by atoms with Gasteiger partial charge in [-0.3, -0.25) is 4.79 Å². The Morgan fingerprint density at radius 1 is 0.968 bits per heavy atom. The van der Waals surface area contributed by atoms with Crippen molar-refractivity contribution in [2.45, 2.75) is 0 Å². The van der Waals surface area contributed by atoms with Crippen LogP contribution in [0.3, 0.4) is 0 Å². The van der Waals surface area contributed by atoms with E-state index in [0.717, 1.165) is 0 Å². The molecule has 9 nitrogen and oxygen atoms in total. The highest BCUT2D eigenvalue weighted by atomic mass is 16.5. The van der Waals surface area contributed by atoms with Crippen molar-refractivity contribution in [2.75, 3.05) is 19.0 Å². The number of anilines is 1. The van der Waals surface area contributed by atoms with Crippen LogP contribution in [0, 0.1) is 0 Å². The van der Waals surface area contributed by atoms with Crippen molar-refractivity contribution in [1.82, 2.24) is 20.0 Å². The Hall–Kier alpha value is -4.40. The van der Waals surface area contributed by atoms with Crippen LogP contribution < -0.4 is 19.5 Å². The van der Waals surface area contributed by atoms with Crippen molar-refractivity contribution in [1.29, 1.82) is 0 Å². The Balaban J connectivity index is 1.29. The molecule has 2 aromatic carbocycles. The maximum atomic E-state index is 12.1. The molecule has 0 atom stereocenters. The molecule has 0 aliphatic rings. The van der Waals surface area contributed by atoms with Crippen molar-refractivity contribution in [3.05, 3.63) is 79.1 Å². The van der Waals surface area contributed by atoms with Gasteiger partial charge in [-0.15, -0.1) is 10.2 Å². The van der Waals surface area contributed by atoms with Crippen LogP contribution in [-0.4, -0.2) is 39.6 Å². The van der Waals surface area contributed by atoms with Crippen molar-refractivity contribution >= 4 is 11.6 Å². The SMILES string of the molecule is COc1cccc(OCC(=O)Nc2ccc(Oc3ccc(-n4cccn4)nn3)cc2)c1. The van der Waals surface area contributed by atoms with Gasteiger partial charge in [0.25, 0.3) is 5.91 Å². The molecule has 0 unspecified atom stereocenters. The lowest BCUT2D eigenvalue weighted by atomic mass is 10.3. The predicted octanol–water partition coefficient (Wildman–Crippen LogP) is 3.48. The van der Waals surface area contributed by atoms with Crippen LogP contribution in [0.4, 0.5) is 5.69 Å². The maximum absolute atomic E-state index is 12.1. The monoisotopic (exact) mass is 417 g/mol. The Bertz CT molecular complexity index is 1130. The lowest BCUT2D eigenvalue weighted by molar-refractivity contribution is -0.118. The van der Waals surface area contributed by atoms with E-state index >= 15 is 0 Å². The molecule has 0 radical (unpaired) electrons. The molecule has 0 saturated heterocycles. The van der Waals surface area contributed by atoms with Gasteiger partial charge in [0.1, 0.15) is 17.2 Å². The average Bonchev–Trinajstić information content (AvgIpc) is 3.35. The van der Waals surface area contributed by atoms with E-state index in [1.54, 1.807) is 90.9 Å². The van der Waals surface area contributed by atoms with E-state index in [9.17, 15) is 4.79 Å². The summed E-state index contributed by atoms with van der Waals surface area (Å²) in [6.07, 6.45) is 3.44. The minimum absolute atomic E-state index is 0.121. The Morgan fingerprint density at radius 2 is 1.81 bits per heavy atom. The molecule has 31 heavy (non-hydrogen) atoms. The fourth-order valence-corrected chi connectivity index (χ4v) is 2.66. The van der Waals surface area contributed by atoms with E-state index in [1.165, 1.54) is 0 Å². The molecule has 156 valence electrons. The minimum Gasteiger partial charge on any atom is -0.497 e. The van der Waals surface area contributed by atoms with Gasteiger partial charge >= 0.3 is 0 Å². The molecule has 4 rings (SSSR count). The summed E-state index contributed by atoms with van der Waals surface area (Å²) in [4.78, 5) is 12.1. The van der Waals surface area contributed by atoms with Gasteiger partial charge in [0.15, 0.2) is 12.4 Å². The van der Waals surface area contributed by atoms with Crippen molar-refractivity contribution in [2.24, 2.45) is 0 Å². The highest BCUT2D eigenvalue weighted by Gasteiger charge is 2.06. The molecule has 1 amide bonds. The van der Waals surface area contributed by atoms with Gasteiger partial charge in [0.2, 0.25) is 5.88 Å². The summed E-state index contributed by atoms with van der Waals surface area (Å²) >= 11 is 0. The average molecular weight is 417 g/mol. The van der Waals surface area contributed by atoms with Crippen molar-refractivity contribution < 1.29 is 19.0 Å². The molecular weight excluding hydrogens is 398 g/mol. The molecule has 0 bridgehead atoms. The molecule has 0 aliphatic heterocycles. The third kappa shape index (κ3) is 5.36. The second kappa shape index (κ2) is 9.40. The lowest BCUT2D eigenvalue weighted by Gasteiger charge is -2.09. The van der Waals surface area contributed by atoms with E-state index in [4.69, 9.17) is 14.2 Å². The fourth-order valence-electron chi connectivity index (χ4n) is 2.66. The molecule has 2 heterocycles. The molecule has 9 heteroatoms. The zero-order valence-corrected chi connectivity index (χ0v) is 16.6. The summed E-state index contributed by atoms with van der Waals surface area (Å²) in [5.74, 6) is 2.43. The van der Waals surface area contributed by atoms with Crippen LogP contribution in [0.15, 0.2) is 79.1 Å². The first-order chi connectivity index (χ1) is 15.2. The quantitative estimate of drug-likeness (QED) is 0.468. The highest BCUT2D eigenvalue weighted by molar-refractivity contribution is 5.91. The first-order valence-electron chi connectivity index (χ1n) is 9.38. The number of ether oxygens (including phenoxy) is 3. The number of methoxy groups -OCH3 is 1. The Morgan fingerprint density at radius 3 is 2.52 bits per heavy atom. The second-order valence-corrected chi connectivity index (χ2v) is 6.32. The van der Waals surface area contributed by atoms with E-state index in [2.05, 4.69) is 20.6 Å². The topological polar surface area (TPSA) is 100 Å². The van der Waals surface area contributed by atoms with Crippen molar-refractivity contribution in [3.63, 3.8) is 0 Å². The van der Waals surface area contributed by atoms with Crippen LogP contribution in [0.25, 0.3) is 5.82 Å². The third-order valence-corrected chi connectivity index (χ3v) is 4.14. The summed E-state index contributed by atoms with van der Waals surface area (Å²) in [6, 6.07) is 19.2. The first kappa shape index (κ1) is 19.9. The first-order valence-corrected chi connectivity index (χ1v) is 9.38. The summed E-state index contributed by atoms with van der Waals surface area (Å²) in [7, 11) is 1.57. The van der Waals surface area contributed by atoms with Crippen LogP contribution >= 0.6 is 0 Å². The number of aromatic nitrogens is 4. The van der Waals surface area contributed by atoms with Gasteiger partial charge in [-0.2, -0.15) is 5.10 Å². The summed E-state index contributed by atoms with van der Waals surface area (Å²) in [5, 5.41) is 15.0. The zero-order valence-electron chi connectivity index (χ0n) is 16.6. The van der Waals surface area contributed by atoms with Gasteiger partial charge in [-0.05, 0) is 48.5 Å². The van der Waals surface area contributed by atoms with Crippen LogP contribution in [-0.2, 0) is 4.79 Å². The number of amides is 1. The molecule has 1 N–H and O–H groups in total. The molecule has 2 aromatic heterocycles. The number of rotatable bonds is 8. The summed E-state index contributed by atoms with van der Waals surface area (Å²) in [6.45, 7) is -0.121. The lowest BCUT2D eigenvalue weighted by Crippen LogP contribution is -2.20. The molecule has 0 spiro atoms. The van der Waals surface area contributed by atoms with Gasteiger partial charge in [-0.25, -0.2) is 4.68 Å². The molecule has 0 saturated carbocycles. The third-order valence-electron chi connectivity index (χ3n) is 4.14. The Labute approximate surface area is 178 Å². The van der Waals surface area contributed by atoms with Gasteiger partial charge in [0.05, 0.1) is 7.11 Å². The number of nitrogens with zero attached hydrogens (tertiary/aromatic N) is 4. The molecule has 4 aromatic rings. The normalized spacial score (nSPS) is 10.4. The maximum Gasteiger partial charge on any atom is 0.262 e. The molecule has 0 aliphatic carbocycles. The number of carbonyl (C=O) groups is 1. The van der Waals surface area contributed by atoms with Gasteiger partial charge in [-0.1, -0.05) is 6.07 Å².